The van der Waals surface area contributed by atoms with Crippen LogP contribution in [-0.4, -0.2) is 12.5 Å². The third-order valence-electron chi connectivity index (χ3n) is 2.41. The third-order valence-corrected chi connectivity index (χ3v) is 2.41. The highest BCUT2D eigenvalue weighted by Gasteiger charge is 1.98. The van der Waals surface area contributed by atoms with E-state index in [2.05, 4.69) is 49.5 Å². The molecule has 0 saturated heterocycles. The maximum absolute atomic E-state index is 9.93. The second-order valence-corrected chi connectivity index (χ2v) is 3.81. The van der Waals surface area contributed by atoms with E-state index in [1.807, 2.05) is 6.92 Å². The van der Waals surface area contributed by atoms with E-state index >= 15 is 0 Å². The number of hydrogen-bond donors (Lipinski definition) is 1. The lowest BCUT2D eigenvalue weighted by Crippen LogP contribution is -2.18. The highest BCUT2D eigenvalue weighted by atomic mass is 16.1. The first-order chi connectivity index (χ1) is 7.61. The number of carbonyl (C=O) groups is 1. The van der Waals surface area contributed by atoms with Crippen molar-refractivity contribution in [2.24, 2.45) is 0 Å². The van der Waals surface area contributed by atoms with Gasteiger partial charge in [0.1, 0.15) is 0 Å². The van der Waals surface area contributed by atoms with Crippen molar-refractivity contribution in [3.63, 3.8) is 0 Å². The second kappa shape index (κ2) is 8.96. The molecule has 1 rings (SSSR count). The smallest absolute Gasteiger partial charge is 0.216 e. The maximum atomic E-state index is 9.93. The van der Waals surface area contributed by atoms with Crippen LogP contribution in [0.4, 0.5) is 0 Å². The van der Waals surface area contributed by atoms with Crippen LogP contribution in [0.25, 0.3) is 0 Å². The van der Waals surface area contributed by atoms with Crippen LogP contribution in [-0.2, 0) is 4.79 Å². The minimum absolute atomic E-state index is 0.0394. The first-order valence-electron chi connectivity index (χ1n) is 5.91. The van der Waals surface area contributed by atoms with Gasteiger partial charge >= 0.3 is 0 Å². The number of benzene rings is 1. The van der Waals surface area contributed by atoms with Gasteiger partial charge in [0.25, 0.3) is 0 Å². The molecule has 0 spiro atoms. The van der Waals surface area contributed by atoms with E-state index < -0.39 is 0 Å². The zero-order valence-corrected chi connectivity index (χ0v) is 10.8. The first-order valence-corrected chi connectivity index (χ1v) is 5.91. The van der Waals surface area contributed by atoms with E-state index in [-0.39, 0.29) is 5.91 Å². The monoisotopic (exact) mass is 221 g/mol. The Morgan fingerprint density at radius 2 is 1.81 bits per heavy atom. The third kappa shape index (κ3) is 7.04. The topological polar surface area (TPSA) is 29.1 Å². The summed E-state index contributed by atoms with van der Waals surface area (Å²) < 4.78 is 0. The maximum Gasteiger partial charge on any atom is 0.216 e. The summed E-state index contributed by atoms with van der Waals surface area (Å²) in [5.41, 5.74) is 1.45. The van der Waals surface area contributed by atoms with Gasteiger partial charge in [0.2, 0.25) is 5.91 Å². The van der Waals surface area contributed by atoms with Crippen LogP contribution < -0.4 is 5.32 Å². The lowest BCUT2D eigenvalue weighted by Gasteiger charge is -2.06. The summed E-state index contributed by atoms with van der Waals surface area (Å²) >= 11 is 0. The lowest BCUT2D eigenvalue weighted by molar-refractivity contribution is -0.118. The van der Waals surface area contributed by atoms with Crippen molar-refractivity contribution < 1.29 is 4.79 Å². The summed E-state index contributed by atoms with van der Waals surface area (Å²) in [5.74, 6) is 0.749. The number of hydrogen-bond acceptors (Lipinski definition) is 1. The molecule has 16 heavy (non-hydrogen) atoms. The molecule has 1 amide bonds. The van der Waals surface area contributed by atoms with Crippen LogP contribution in [0.5, 0.6) is 0 Å². The van der Waals surface area contributed by atoms with Crippen molar-refractivity contribution in [2.45, 2.75) is 40.0 Å². The molecule has 0 fully saturated rings. The van der Waals surface area contributed by atoms with Gasteiger partial charge in [0.05, 0.1) is 0 Å². The molecule has 1 aromatic carbocycles. The molecule has 0 aromatic heterocycles. The molecule has 1 aromatic rings. The average Bonchev–Trinajstić information content (AvgIpc) is 2.30. The zero-order valence-electron chi connectivity index (χ0n) is 10.8. The molecular formula is C14H23NO. The van der Waals surface area contributed by atoms with E-state index in [4.69, 9.17) is 0 Å². The van der Waals surface area contributed by atoms with Gasteiger partial charge in [-0.1, -0.05) is 44.2 Å². The summed E-state index contributed by atoms with van der Waals surface area (Å²) in [6, 6.07) is 10.6. The molecular weight excluding hydrogens is 198 g/mol. The molecule has 90 valence electrons. The lowest BCUT2D eigenvalue weighted by atomic mass is 9.99. The minimum Gasteiger partial charge on any atom is -0.357 e. The summed E-state index contributed by atoms with van der Waals surface area (Å²) in [5, 5.41) is 2.57. The number of rotatable bonds is 3. The van der Waals surface area contributed by atoms with Gasteiger partial charge in [-0.15, -0.1) is 0 Å². The second-order valence-electron chi connectivity index (χ2n) is 3.81. The first kappa shape index (κ1) is 14.7. The van der Waals surface area contributed by atoms with Gasteiger partial charge in [-0.05, 0) is 24.8 Å². The van der Waals surface area contributed by atoms with Crippen molar-refractivity contribution in [2.75, 3.05) is 6.54 Å². The molecule has 0 aliphatic carbocycles. The molecule has 0 aliphatic rings. The quantitative estimate of drug-likeness (QED) is 0.833. The van der Waals surface area contributed by atoms with Crippen LogP contribution >= 0.6 is 0 Å². The van der Waals surface area contributed by atoms with E-state index in [0.717, 1.165) is 6.54 Å². The molecule has 0 saturated carbocycles. The van der Waals surface area contributed by atoms with Gasteiger partial charge in [0.15, 0.2) is 0 Å². The van der Waals surface area contributed by atoms with Crippen molar-refractivity contribution >= 4 is 5.91 Å². The Bertz CT molecular complexity index is 282. The van der Waals surface area contributed by atoms with Gasteiger partial charge in [0, 0.05) is 13.5 Å². The molecule has 1 atom stereocenters. The molecule has 1 unspecified atom stereocenters. The highest BCUT2D eigenvalue weighted by molar-refractivity contribution is 5.72. The summed E-state index contributed by atoms with van der Waals surface area (Å²) in [6.07, 6.45) is 1.23. The van der Waals surface area contributed by atoms with E-state index in [1.165, 1.54) is 18.9 Å². The Labute approximate surface area is 99.1 Å². The predicted molar refractivity (Wildman–Crippen MR) is 69.5 cm³/mol. The van der Waals surface area contributed by atoms with Crippen LogP contribution in [0.2, 0.25) is 0 Å². The van der Waals surface area contributed by atoms with Crippen LogP contribution in [0.15, 0.2) is 30.3 Å². The zero-order chi connectivity index (χ0) is 12.4. The predicted octanol–water partition coefficient (Wildman–Crippen LogP) is 3.34. The van der Waals surface area contributed by atoms with E-state index in [0.29, 0.717) is 5.92 Å². The normalized spacial score (nSPS) is 11.0. The summed E-state index contributed by atoms with van der Waals surface area (Å²) in [6.45, 7) is 8.60. The Balaban J connectivity index is 0.000000325. The molecule has 1 N–H and O–H groups in total. The van der Waals surface area contributed by atoms with Crippen LogP contribution in [0, 0.1) is 0 Å². The van der Waals surface area contributed by atoms with Crippen molar-refractivity contribution in [1.82, 2.24) is 5.32 Å². The molecule has 2 nitrogen and oxygen atoms in total. The molecule has 0 bridgehead atoms. The van der Waals surface area contributed by atoms with Crippen LogP contribution in [0.1, 0.15) is 45.6 Å². The van der Waals surface area contributed by atoms with E-state index in [9.17, 15) is 4.79 Å². The Morgan fingerprint density at radius 3 is 2.12 bits per heavy atom. The van der Waals surface area contributed by atoms with Crippen molar-refractivity contribution in [3.05, 3.63) is 35.9 Å². The van der Waals surface area contributed by atoms with E-state index in [1.54, 1.807) is 0 Å². The largest absolute Gasteiger partial charge is 0.357 e. The number of amides is 1. The Morgan fingerprint density at radius 1 is 1.25 bits per heavy atom. The van der Waals surface area contributed by atoms with Gasteiger partial charge in [-0.3, -0.25) is 4.79 Å². The summed E-state index contributed by atoms with van der Waals surface area (Å²) in [4.78, 5) is 9.93. The molecule has 2 heteroatoms. The molecule has 0 radical (unpaired) electrons. The summed E-state index contributed by atoms with van der Waals surface area (Å²) in [7, 11) is 0. The van der Waals surface area contributed by atoms with Crippen molar-refractivity contribution in [1.29, 1.82) is 0 Å². The average molecular weight is 221 g/mol. The van der Waals surface area contributed by atoms with Gasteiger partial charge in [-0.2, -0.15) is 0 Å². The molecule has 0 aliphatic heterocycles. The van der Waals surface area contributed by atoms with Crippen molar-refractivity contribution in [3.8, 4) is 0 Å². The van der Waals surface area contributed by atoms with Crippen LogP contribution in [0.3, 0.4) is 0 Å². The fraction of sp³-hybridized carbons (Fsp3) is 0.500. The fourth-order valence-electron chi connectivity index (χ4n) is 1.27. The van der Waals surface area contributed by atoms with Gasteiger partial charge < -0.3 is 5.32 Å². The number of carbonyl (C=O) groups excluding carboxylic acids is 1. The standard InChI is InChI=1S/C10H14.C4H9NO/c1-3-9(2)10-7-5-4-6-8-10;1-3-5-4(2)6/h4-9H,3H2,1-2H3;3H2,1-2H3,(H,5,6). The SMILES string of the molecule is CCC(C)c1ccccc1.CCNC(C)=O. The highest BCUT2D eigenvalue weighted by Crippen LogP contribution is 2.16. The van der Waals surface area contributed by atoms with Gasteiger partial charge in [-0.25, -0.2) is 0 Å². The minimum atomic E-state index is 0.0394. The fourth-order valence-corrected chi connectivity index (χ4v) is 1.27. The molecule has 0 heterocycles. The Hall–Kier alpha value is -1.31. The Kier molecular flexibility index (Phi) is 8.22. The number of nitrogens with one attached hydrogen (secondary N) is 1.